The van der Waals surface area contributed by atoms with Gasteiger partial charge in [0.1, 0.15) is 4.88 Å². The first-order chi connectivity index (χ1) is 13.5. The molecule has 2 aromatic carbocycles. The Labute approximate surface area is 172 Å². The van der Waals surface area contributed by atoms with Crippen LogP contribution in [0.5, 0.6) is 0 Å². The monoisotopic (exact) mass is 413 g/mol. The quantitative estimate of drug-likeness (QED) is 0.638. The van der Waals surface area contributed by atoms with Crippen LogP contribution in [0.2, 0.25) is 5.02 Å². The zero-order valence-electron chi connectivity index (χ0n) is 15.2. The minimum absolute atomic E-state index is 0.286. The molecule has 1 aliphatic heterocycles. The van der Waals surface area contributed by atoms with E-state index >= 15 is 0 Å². The third-order valence-electron chi connectivity index (χ3n) is 4.97. The van der Waals surface area contributed by atoms with Gasteiger partial charge in [0.25, 0.3) is 5.91 Å². The average molecular weight is 414 g/mol. The maximum atomic E-state index is 13.0. The van der Waals surface area contributed by atoms with Gasteiger partial charge in [-0.2, -0.15) is 0 Å². The number of hydrogen-bond acceptors (Lipinski definition) is 4. The molecule has 0 bridgehead atoms. The lowest BCUT2D eigenvalue weighted by molar-refractivity contribution is 0.0996. The Kier molecular flexibility index (Phi) is 5.24. The van der Waals surface area contributed by atoms with Crippen LogP contribution in [0, 0.1) is 0 Å². The molecule has 4 rings (SSSR count). The van der Waals surface area contributed by atoms with E-state index < -0.39 is 5.91 Å². The van der Waals surface area contributed by atoms with Crippen LogP contribution in [-0.2, 0) is 0 Å². The van der Waals surface area contributed by atoms with E-state index in [9.17, 15) is 9.59 Å². The predicted molar refractivity (Wildman–Crippen MR) is 116 cm³/mol. The molecule has 7 heteroatoms. The van der Waals surface area contributed by atoms with Crippen molar-refractivity contribution in [3.8, 4) is 0 Å². The Morgan fingerprint density at radius 1 is 1.07 bits per heavy atom. The fraction of sp³-hybridized carbons (Fsp3) is 0.238. The van der Waals surface area contributed by atoms with Crippen LogP contribution >= 0.6 is 22.9 Å². The van der Waals surface area contributed by atoms with E-state index in [2.05, 4.69) is 10.2 Å². The van der Waals surface area contributed by atoms with E-state index in [-0.39, 0.29) is 5.91 Å². The van der Waals surface area contributed by atoms with Crippen LogP contribution < -0.4 is 16.0 Å². The maximum Gasteiger partial charge on any atom is 0.267 e. The number of primary amides is 1. The molecular weight excluding hydrogens is 394 g/mol. The molecule has 0 aliphatic carbocycles. The number of carbonyl (C=O) groups excluding carboxylic acids is 2. The standard InChI is InChI=1S/C21H20ClN3O2S/c22-18-14-6-2-3-7-17(14)28-19(18)21(27)24-15-12-13(20(23)26)8-9-16(15)25-10-4-1-5-11-25/h2-3,6-9,12H,1,4-5,10-11H2,(H2,23,26)(H,24,27). The Balaban J connectivity index is 1.70. The van der Waals surface area contributed by atoms with Crippen molar-refractivity contribution < 1.29 is 9.59 Å². The van der Waals surface area contributed by atoms with Gasteiger partial charge in [-0.3, -0.25) is 9.59 Å². The van der Waals surface area contributed by atoms with Gasteiger partial charge < -0.3 is 16.0 Å². The van der Waals surface area contributed by atoms with Crippen molar-refractivity contribution >= 4 is 56.2 Å². The Hall–Kier alpha value is -2.57. The fourth-order valence-electron chi connectivity index (χ4n) is 3.54. The molecule has 144 valence electrons. The molecule has 28 heavy (non-hydrogen) atoms. The number of nitrogens with two attached hydrogens (primary N) is 1. The second-order valence-corrected chi connectivity index (χ2v) is 8.27. The number of anilines is 2. The van der Waals surface area contributed by atoms with Crippen LogP contribution in [0.1, 0.15) is 39.3 Å². The van der Waals surface area contributed by atoms with Gasteiger partial charge in [-0.1, -0.05) is 29.8 Å². The number of rotatable bonds is 4. The van der Waals surface area contributed by atoms with Gasteiger partial charge in [-0.25, -0.2) is 0 Å². The highest BCUT2D eigenvalue weighted by molar-refractivity contribution is 7.21. The highest BCUT2D eigenvalue weighted by atomic mass is 35.5. The molecule has 1 fully saturated rings. The van der Waals surface area contributed by atoms with Gasteiger partial charge in [0, 0.05) is 28.7 Å². The van der Waals surface area contributed by atoms with Crippen LogP contribution in [0.25, 0.3) is 10.1 Å². The molecule has 0 radical (unpaired) electrons. The summed E-state index contributed by atoms with van der Waals surface area (Å²) in [4.78, 5) is 27.3. The molecule has 0 unspecified atom stereocenters. The third kappa shape index (κ3) is 3.57. The summed E-state index contributed by atoms with van der Waals surface area (Å²) in [5.74, 6) is -0.813. The van der Waals surface area contributed by atoms with Crippen molar-refractivity contribution in [3.05, 3.63) is 57.9 Å². The molecule has 2 heterocycles. The number of piperidine rings is 1. The molecule has 1 aliphatic rings. The molecule has 0 spiro atoms. The smallest absolute Gasteiger partial charge is 0.267 e. The Morgan fingerprint density at radius 2 is 1.82 bits per heavy atom. The third-order valence-corrected chi connectivity index (χ3v) is 6.64. The molecule has 0 atom stereocenters. The second-order valence-electron chi connectivity index (χ2n) is 6.84. The van der Waals surface area contributed by atoms with Gasteiger partial charge in [-0.05, 0) is 43.5 Å². The summed E-state index contributed by atoms with van der Waals surface area (Å²) >= 11 is 7.81. The van der Waals surface area contributed by atoms with Crippen LogP contribution in [-0.4, -0.2) is 24.9 Å². The van der Waals surface area contributed by atoms with E-state index in [1.165, 1.54) is 17.8 Å². The molecule has 1 aromatic heterocycles. The van der Waals surface area contributed by atoms with Crippen molar-refractivity contribution in [2.45, 2.75) is 19.3 Å². The molecule has 1 saturated heterocycles. The average Bonchev–Trinajstić information content (AvgIpc) is 3.05. The highest BCUT2D eigenvalue weighted by Gasteiger charge is 2.21. The minimum atomic E-state index is -0.527. The number of nitrogens with zero attached hydrogens (tertiary/aromatic N) is 1. The summed E-state index contributed by atoms with van der Waals surface area (Å²) in [5.41, 5.74) is 7.28. The summed E-state index contributed by atoms with van der Waals surface area (Å²) in [6.07, 6.45) is 3.41. The number of fused-ring (bicyclic) bond motifs is 1. The van der Waals surface area contributed by atoms with Crippen LogP contribution in [0.15, 0.2) is 42.5 Å². The van der Waals surface area contributed by atoms with E-state index in [0.29, 0.717) is 21.2 Å². The summed E-state index contributed by atoms with van der Waals surface area (Å²) in [6, 6.07) is 12.9. The van der Waals surface area contributed by atoms with Crippen molar-refractivity contribution in [1.82, 2.24) is 0 Å². The molecule has 3 aromatic rings. The molecule has 3 N–H and O–H groups in total. The second kappa shape index (κ2) is 7.81. The summed E-state index contributed by atoms with van der Waals surface area (Å²) < 4.78 is 0.958. The summed E-state index contributed by atoms with van der Waals surface area (Å²) in [5, 5.41) is 4.27. The van der Waals surface area contributed by atoms with Gasteiger partial charge >= 0.3 is 0 Å². The molecule has 2 amide bonds. The topological polar surface area (TPSA) is 75.4 Å². The first-order valence-corrected chi connectivity index (χ1v) is 10.4. The van der Waals surface area contributed by atoms with Gasteiger partial charge in [0.2, 0.25) is 5.91 Å². The summed E-state index contributed by atoms with van der Waals surface area (Å²) in [6.45, 7) is 1.84. The van der Waals surface area contributed by atoms with E-state index in [0.717, 1.165) is 41.7 Å². The SMILES string of the molecule is NC(=O)c1ccc(N2CCCCC2)c(NC(=O)c2sc3ccccc3c2Cl)c1. The first kappa shape index (κ1) is 18.8. The lowest BCUT2D eigenvalue weighted by Gasteiger charge is -2.30. The minimum Gasteiger partial charge on any atom is -0.370 e. The molecule has 0 saturated carbocycles. The number of halogens is 1. The van der Waals surface area contributed by atoms with E-state index in [4.69, 9.17) is 17.3 Å². The van der Waals surface area contributed by atoms with Gasteiger partial charge in [0.05, 0.1) is 16.4 Å². The lowest BCUT2D eigenvalue weighted by atomic mass is 10.1. The van der Waals surface area contributed by atoms with Crippen LogP contribution in [0.4, 0.5) is 11.4 Å². The summed E-state index contributed by atoms with van der Waals surface area (Å²) in [7, 11) is 0. The van der Waals surface area contributed by atoms with Gasteiger partial charge in [0.15, 0.2) is 0 Å². The van der Waals surface area contributed by atoms with Crippen molar-refractivity contribution in [2.24, 2.45) is 5.73 Å². The number of nitrogens with one attached hydrogen (secondary N) is 1. The number of thiophene rings is 1. The van der Waals surface area contributed by atoms with E-state index in [1.54, 1.807) is 12.1 Å². The highest BCUT2D eigenvalue weighted by Crippen LogP contribution is 2.36. The number of hydrogen-bond donors (Lipinski definition) is 2. The fourth-order valence-corrected chi connectivity index (χ4v) is 4.95. The lowest BCUT2D eigenvalue weighted by Crippen LogP contribution is -2.30. The normalized spacial score (nSPS) is 14.2. The number of carbonyl (C=O) groups is 2. The van der Waals surface area contributed by atoms with Crippen LogP contribution in [0.3, 0.4) is 0 Å². The number of amides is 2. The largest absolute Gasteiger partial charge is 0.370 e. The first-order valence-electron chi connectivity index (χ1n) is 9.22. The Bertz CT molecular complexity index is 1060. The zero-order valence-corrected chi connectivity index (χ0v) is 16.8. The number of benzene rings is 2. The van der Waals surface area contributed by atoms with E-state index in [1.807, 2.05) is 30.3 Å². The Morgan fingerprint density at radius 3 is 2.54 bits per heavy atom. The van der Waals surface area contributed by atoms with Crippen molar-refractivity contribution in [1.29, 1.82) is 0 Å². The van der Waals surface area contributed by atoms with Gasteiger partial charge in [-0.15, -0.1) is 11.3 Å². The van der Waals surface area contributed by atoms with Crippen molar-refractivity contribution in [2.75, 3.05) is 23.3 Å². The molecular formula is C21H20ClN3O2S. The maximum absolute atomic E-state index is 13.0. The predicted octanol–water partition coefficient (Wildman–Crippen LogP) is 4.90. The molecule has 5 nitrogen and oxygen atoms in total. The zero-order chi connectivity index (χ0) is 19.7. The van der Waals surface area contributed by atoms with Crippen molar-refractivity contribution in [3.63, 3.8) is 0 Å².